The molecule has 0 spiro atoms. The Morgan fingerprint density at radius 2 is 1.77 bits per heavy atom. The maximum Gasteiger partial charge on any atom is 0.364 e. The Hall–Kier alpha value is -1.07. The van der Waals surface area contributed by atoms with Crippen LogP contribution in [0.15, 0.2) is 0 Å². The number of aliphatic hydroxyl groups excluding tert-OH is 3. The van der Waals surface area contributed by atoms with Gasteiger partial charge < -0.3 is 35.4 Å². The molecule has 1 amide bonds. The lowest BCUT2D eigenvalue weighted by Gasteiger charge is -2.34. The molecule has 0 rings (SSSR count). The molecule has 6 atom stereocenters. The van der Waals surface area contributed by atoms with Gasteiger partial charge in [-0.3, -0.25) is 13.9 Å². The fourth-order valence-electron chi connectivity index (χ4n) is 1.96. The first-order valence-corrected chi connectivity index (χ1v) is 9.89. The van der Waals surface area contributed by atoms with Crippen LogP contribution in [0.3, 0.4) is 0 Å². The number of carbonyl (C=O) groups is 2. The van der Waals surface area contributed by atoms with Crippen LogP contribution in [0.1, 0.15) is 27.2 Å². The van der Waals surface area contributed by atoms with Gasteiger partial charge in [-0.1, -0.05) is 6.92 Å². The molecule has 0 aliphatic heterocycles. The zero-order valence-electron chi connectivity index (χ0n) is 15.2. The van der Waals surface area contributed by atoms with E-state index < -0.39 is 69.1 Å². The number of carboxylic acid groups (broad SMARTS) is 1. The first-order valence-electron chi connectivity index (χ1n) is 7.86. The van der Waals surface area contributed by atoms with Crippen molar-refractivity contribution < 1.29 is 48.7 Å². The van der Waals surface area contributed by atoms with Crippen molar-refractivity contribution in [1.29, 1.82) is 0 Å². The maximum atomic E-state index is 11.7. The predicted molar refractivity (Wildman–Crippen MR) is 89.3 cm³/mol. The van der Waals surface area contributed by atoms with E-state index in [9.17, 15) is 34.4 Å². The highest BCUT2D eigenvalue weighted by Gasteiger charge is 2.48. The van der Waals surface area contributed by atoms with E-state index in [1.807, 2.05) is 0 Å². The monoisotopic (exact) mass is 401 g/mol. The molecule has 6 unspecified atom stereocenters. The van der Waals surface area contributed by atoms with E-state index in [0.717, 1.165) is 6.66 Å². The van der Waals surface area contributed by atoms with Crippen LogP contribution in [-0.2, 0) is 23.4 Å². The number of carboxylic acids is 1. The summed E-state index contributed by atoms with van der Waals surface area (Å²) in [4.78, 5) is 32.2. The summed E-state index contributed by atoms with van der Waals surface area (Å²) < 4.78 is 21.4. The van der Waals surface area contributed by atoms with E-state index in [0.29, 0.717) is 0 Å². The average Bonchev–Trinajstić information content (AvgIpc) is 2.48. The molecule has 6 N–H and O–H groups in total. The standard InChI is InChI=1S/C14H28NO10P/c1-8(6-16)12(19)7-24-14(13(20)21,25-26(4,22)23)5-11(18)9(2)15-10(3)17/h8-9,11-12,16,18-19H,5-7H2,1-4H3,(H,15,17)(H,20,21)(H,22,23). The van der Waals surface area contributed by atoms with Crippen LogP contribution in [0.25, 0.3) is 0 Å². The Balaban J connectivity index is 5.51. The molecule has 0 fully saturated rings. The highest BCUT2D eigenvalue weighted by Crippen LogP contribution is 2.44. The van der Waals surface area contributed by atoms with Crippen LogP contribution in [0.2, 0.25) is 0 Å². The van der Waals surface area contributed by atoms with Gasteiger partial charge in [0.05, 0.1) is 24.9 Å². The fourth-order valence-corrected chi connectivity index (χ4v) is 2.71. The number of nitrogens with one attached hydrogen (secondary N) is 1. The van der Waals surface area contributed by atoms with Crippen molar-refractivity contribution >= 4 is 19.5 Å². The topological polar surface area (TPSA) is 183 Å². The number of amides is 1. The van der Waals surface area contributed by atoms with Gasteiger partial charge in [0.2, 0.25) is 5.91 Å². The van der Waals surface area contributed by atoms with Crippen LogP contribution in [0.5, 0.6) is 0 Å². The summed E-state index contributed by atoms with van der Waals surface area (Å²) in [5.74, 6) is -5.69. The van der Waals surface area contributed by atoms with Gasteiger partial charge in [-0.05, 0) is 6.92 Å². The third-order valence-corrected chi connectivity index (χ3v) is 4.19. The first-order chi connectivity index (χ1) is 11.7. The van der Waals surface area contributed by atoms with Crippen molar-refractivity contribution in [3.05, 3.63) is 0 Å². The van der Waals surface area contributed by atoms with Gasteiger partial charge in [-0.25, -0.2) is 4.79 Å². The third-order valence-electron chi connectivity index (χ3n) is 3.56. The Labute approximate surface area is 151 Å². The van der Waals surface area contributed by atoms with E-state index >= 15 is 0 Å². The van der Waals surface area contributed by atoms with Crippen molar-refractivity contribution in [2.24, 2.45) is 5.92 Å². The van der Waals surface area contributed by atoms with Gasteiger partial charge in [0.1, 0.15) is 0 Å². The second kappa shape index (κ2) is 10.3. The Morgan fingerprint density at radius 1 is 1.23 bits per heavy atom. The molecule has 12 heteroatoms. The minimum absolute atomic E-state index is 0.403. The van der Waals surface area contributed by atoms with Gasteiger partial charge >= 0.3 is 13.6 Å². The smallest absolute Gasteiger partial charge is 0.364 e. The van der Waals surface area contributed by atoms with Gasteiger partial charge in [0, 0.05) is 32.5 Å². The van der Waals surface area contributed by atoms with Gasteiger partial charge in [-0.15, -0.1) is 0 Å². The van der Waals surface area contributed by atoms with Crippen LogP contribution in [-0.4, -0.2) is 81.1 Å². The van der Waals surface area contributed by atoms with E-state index in [-0.39, 0.29) is 0 Å². The van der Waals surface area contributed by atoms with E-state index in [1.165, 1.54) is 20.8 Å². The van der Waals surface area contributed by atoms with E-state index in [2.05, 4.69) is 5.32 Å². The lowest BCUT2D eigenvalue weighted by molar-refractivity contribution is -0.232. The van der Waals surface area contributed by atoms with Gasteiger partial charge in [0.25, 0.3) is 5.79 Å². The second-order valence-electron chi connectivity index (χ2n) is 6.25. The Kier molecular flexibility index (Phi) is 9.89. The molecule has 0 aliphatic rings. The summed E-state index contributed by atoms with van der Waals surface area (Å²) in [7, 11) is -4.38. The van der Waals surface area contributed by atoms with E-state index in [1.54, 1.807) is 0 Å². The zero-order valence-corrected chi connectivity index (χ0v) is 16.0. The number of carbonyl (C=O) groups excluding carboxylic acids is 1. The molecule has 0 aromatic heterocycles. The van der Waals surface area contributed by atoms with Crippen molar-refractivity contribution in [3.63, 3.8) is 0 Å². The largest absolute Gasteiger partial charge is 0.477 e. The molecule has 0 heterocycles. The number of ether oxygens (including phenoxy) is 1. The molecule has 11 nitrogen and oxygen atoms in total. The molecule has 0 radical (unpaired) electrons. The van der Waals surface area contributed by atoms with Crippen LogP contribution < -0.4 is 5.32 Å². The SMILES string of the molecule is CC(=O)NC(C)C(O)CC(OCC(O)C(C)CO)(OP(C)(=O)O)C(=O)O. The van der Waals surface area contributed by atoms with Crippen molar-refractivity contribution in [2.75, 3.05) is 19.9 Å². The molecule has 0 saturated carbocycles. The lowest BCUT2D eigenvalue weighted by Crippen LogP contribution is -2.52. The molecular weight excluding hydrogens is 373 g/mol. The minimum atomic E-state index is -4.38. The van der Waals surface area contributed by atoms with E-state index in [4.69, 9.17) is 14.4 Å². The molecule has 0 aromatic rings. The molecule has 0 saturated heterocycles. The number of aliphatic hydroxyl groups is 3. The summed E-state index contributed by atoms with van der Waals surface area (Å²) in [6, 6.07) is -0.908. The van der Waals surface area contributed by atoms with Crippen LogP contribution in [0.4, 0.5) is 0 Å². The molecule has 26 heavy (non-hydrogen) atoms. The zero-order chi connectivity index (χ0) is 20.7. The highest BCUT2D eigenvalue weighted by molar-refractivity contribution is 7.52. The minimum Gasteiger partial charge on any atom is -0.477 e. The van der Waals surface area contributed by atoms with Crippen LogP contribution in [0, 0.1) is 5.92 Å². The number of hydrogen-bond donors (Lipinski definition) is 6. The third kappa shape index (κ3) is 8.54. The molecular formula is C14H28NO10P. The van der Waals surface area contributed by atoms with Gasteiger partial charge in [0.15, 0.2) is 0 Å². The predicted octanol–water partition coefficient (Wildman–Crippen LogP) is -1.12. The number of hydrogen-bond acceptors (Lipinski definition) is 8. The van der Waals surface area contributed by atoms with Crippen molar-refractivity contribution in [2.45, 2.75) is 51.2 Å². The summed E-state index contributed by atoms with van der Waals surface area (Å²) in [5, 5.41) is 40.8. The second-order valence-corrected chi connectivity index (χ2v) is 8.04. The summed E-state index contributed by atoms with van der Waals surface area (Å²) in [6.07, 6.45) is -3.60. The maximum absolute atomic E-state index is 11.7. The lowest BCUT2D eigenvalue weighted by atomic mass is 10.0. The fraction of sp³-hybridized carbons (Fsp3) is 0.857. The molecule has 154 valence electrons. The molecule has 0 bridgehead atoms. The Bertz CT molecular complexity index is 524. The number of rotatable bonds is 12. The average molecular weight is 401 g/mol. The van der Waals surface area contributed by atoms with Crippen LogP contribution >= 0.6 is 7.60 Å². The first kappa shape index (κ1) is 24.9. The highest BCUT2D eigenvalue weighted by atomic mass is 31.2. The summed E-state index contributed by atoms with van der Waals surface area (Å²) in [5.41, 5.74) is 0. The normalized spacial score (nSPS) is 20.9. The number of aliphatic carboxylic acids is 1. The Morgan fingerprint density at radius 3 is 2.15 bits per heavy atom. The summed E-state index contributed by atoms with van der Waals surface area (Å²) >= 11 is 0. The molecule has 0 aliphatic carbocycles. The summed E-state index contributed by atoms with van der Waals surface area (Å²) in [6.45, 7) is 3.76. The van der Waals surface area contributed by atoms with Crippen molar-refractivity contribution in [3.8, 4) is 0 Å². The van der Waals surface area contributed by atoms with Gasteiger partial charge in [-0.2, -0.15) is 0 Å². The molecule has 0 aromatic carbocycles. The van der Waals surface area contributed by atoms with Crippen molar-refractivity contribution in [1.82, 2.24) is 5.32 Å². The quantitative estimate of drug-likeness (QED) is 0.173.